The van der Waals surface area contributed by atoms with Crippen LogP contribution in [0.4, 0.5) is 0 Å². The van der Waals surface area contributed by atoms with Crippen LogP contribution in [0.3, 0.4) is 0 Å². The lowest BCUT2D eigenvalue weighted by Crippen LogP contribution is -2.08. The zero-order valence-corrected chi connectivity index (χ0v) is 12.6. The van der Waals surface area contributed by atoms with Crippen LogP contribution in [-0.2, 0) is 0 Å². The molecule has 0 radical (unpaired) electrons. The highest BCUT2D eigenvalue weighted by Crippen LogP contribution is 2.29. The molecule has 0 saturated carbocycles. The Balaban J connectivity index is 1.75. The summed E-state index contributed by atoms with van der Waals surface area (Å²) in [5.41, 5.74) is 1.49. The lowest BCUT2D eigenvalue weighted by Gasteiger charge is -2.06. The van der Waals surface area contributed by atoms with E-state index in [-0.39, 0.29) is 5.76 Å². The second kappa shape index (κ2) is 5.29. The fourth-order valence-corrected chi connectivity index (χ4v) is 2.80. The molecule has 0 bridgehead atoms. The highest BCUT2D eigenvalue weighted by Gasteiger charge is 2.20. The fourth-order valence-electron chi connectivity index (χ4n) is 2.80. The molecule has 4 aromatic rings. The van der Waals surface area contributed by atoms with Crippen molar-refractivity contribution in [3.63, 3.8) is 0 Å². The van der Waals surface area contributed by atoms with Gasteiger partial charge in [0.1, 0.15) is 11.3 Å². The topological polar surface area (TPSA) is 39.4 Å². The van der Waals surface area contributed by atoms with Crippen molar-refractivity contribution in [1.29, 1.82) is 0 Å². The molecule has 0 saturated heterocycles. The summed E-state index contributed by atoms with van der Waals surface area (Å²) in [6.45, 7) is 1.87. The van der Waals surface area contributed by atoms with Crippen LogP contribution in [0, 0.1) is 6.92 Å². The van der Waals surface area contributed by atoms with Gasteiger partial charge in [0.2, 0.25) is 5.76 Å². The van der Waals surface area contributed by atoms with Gasteiger partial charge in [-0.1, -0.05) is 54.6 Å². The average molecular weight is 302 g/mol. The summed E-state index contributed by atoms with van der Waals surface area (Å²) in [5, 5.41) is 2.86. The molecular formula is C20H14O3. The van der Waals surface area contributed by atoms with Gasteiger partial charge in [-0.2, -0.15) is 0 Å². The summed E-state index contributed by atoms with van der Waals surface area (Å²) < 4.78 is 11.3. The monoisotopic (exact) mass is 302 g/mol. The van der Waals surface area contributed by atoms with E-state index in [2.05, 4.69) is 0 Å². The van der Waals surface area contributed by atoms with Crippen LogP contribution >= 0.6 is 0 Å². The number of hydrogen-bond acceptors (Lipinski definition) is 3. The normalized spacial score (nSPS) is 11.0. The molecule has 4 rings (SSSR count). The van der Waals surface area contributed by atoms with Crippen molar-refractivity contribution >= 4 is 27.7 Å². The van der Waals surface area contributed by atoms with E-state index >= 15 is 0 Å². The lowest BCUT2D eigenvalue weighted by molar-refractivity contribution is 0.0705. The molecule has 0 aliphatic heterocycles. The van der Waals surface area contributed by atoms with E-state index in [1.54, 1.807) is 6.07 Å². The Bertz CT molecular complexity index is 1020. The van der Waals surface area contributed by atoms with E-state index in [1.807, 2.05) is 67.6 Å². The van der Waals surface area contributed by atoms with Crippen molar-refractivity contribution < 1.29 is 13.9 Å². The van der Waals surface area contributed by atoms with Crippen molar-refractivity contribution in [2.24, 2.45) is 0 Å². The number of fused-ring (bicyclic) bond motifs is 2. The number of esters is 1. The minimum absolute atomic E-state index is 0.249. The van der Waals surface area contributed by atoms with Gasteiger partial charge in [-0.25, -0.2) is 4.79 Å². The molecule has 1 heterocycles. The van der Waals surface area contributed by atoms with Gasteiger partial charge in [0.05, 0.1) is 0 Å². The van der Waals surface area contributed by atoms with Gasteiger partial charge in [0.15, 0.2) is 0 Å². The molecule has 0 spiro atoms. The summed E-state index contributed by atoms with van der Waals surface area (Å²) in [7, 11) is 0. The van der Waals surface area contributed by atoms with E-state index in [9.17, 15) is 4.79 Å². The third-order valence-electron chi connectivity index (χ3n) is 3.98. The Morgan fingerprint density at radius 3 is 2.39 bits per heavy atom. The van der Waals surface area contributed by atoms with Crippen LogP contribution in [0.1, 0.15) is 16.1 Å². The van der Waals surface area contributed by atoms with E-state index in [0.29, 0.717) is 11.3 Å². The molecule has 0 atom stereocenters. The van der Waals surface area contributed by atoms with Crippen molar-refractivity contribution in [1.82, 2.24) is 0 Å². The van der Waals surface area contributed by atoms with Gasteiger partial charge in [-0.15, -0.1) is 0 Å². The number of rotatable bonds is 2. The van der Waals surface area contributed by atoms with E-state index in [0.717, 1.165) is 21.7 Å². The summed E-state index contributed by atoms with van der Waals surface area (Å²) >= 11 is 0. The van der Waals surface area contributed by atoms with Crippen LogP contribution in [0.15, 0.2) is 71.1 Å². The Morgan fingerprint density at radius 1 is 0.870 bits per heavy atom. The van der Waals surface area contributed by atoms with Crippen molar-refractivity contribution in [3.8, 4) is 5.75 Å². The molecule has 3 heteroatoms. The van der Waals surface area contributed by atoms with Crippen molar-refractivity contribution in [2.75, 3.05) is 0 Å². The van der Waals surface area contributed by atoms with Crippen LogP contribution in [0.25, 0.3) is 21.7 Å². The predicted octanol–water partition coefficient (Wildman–Crippen LogP) is 5.11. The Morgan fingerprint density at radius 2 is 1.57 bits per heavy atom. The third-order valence-corrected chi connectivity index (χ3v) is 3.98. The van der Waals surface area contributed by atoms with Gasteiger partial charge in [0, 0.05) is 16.3 Å². The first-order valence-corrected chi connectivity index (χ1v) is 7.42. The third kappa shape index (κ3) is 2.27. The Labute approximate surface area is 133 Å². The molecule has 3 aromatic carbocycles. The molecule has 0 aliphatic carbocycles. The van der Waals surface area contributed by atoms with Gasteiger partial charge < -0.3 is 9.15 Å². The second-order valence-electron chi connectivity index (χ2n) is 5.42. The molecule has 3 nitrogen and oxygen atoms in total. The summed E-state index contributed by atoms with van der Waals surface area (Å²) in [6, 6.07) is 21.0. The maximum atomic E-state index is 12.5. The van der Waals surface area contributed by atoms with Crippen LogP contribution in [0.2, 0.25) is 0 Å². The first-order chi connectivity index (χ1) is 11.2. The number of carbonyl (C=O) groups is 1. The molecule has 23 heavy (non-hydrogen) atoms. The Hall–Kier alpha value is -3.07. The van der Waals surface area contributed by atoms with Crippen molar-refractivity contribution in [3.05, 3.63) is 78.1 Å². The molecule has 1 aromatic heterocycles. The maximum Gasteiger partial charge on any atom is 0.379 e. The molecule has 0 amide bonds. The van der Waals surface area contributed by atoms with E-state index < -0.39 is 5.97 Å². The zero-order valence-electron chi connectivity index (χ0n) is 12.6. The minimum Gasteiger partial charge on any atom is -0.449 e. The predicted molar refractivity (Wildman–Crippen MR) is 89.9 cm³/mol. The van der Waals surface area contributed by atoms with Crippen LogP contribution < -0.4 is 4.74 Å². The van der Waals surface area contributed by atoms with Gasteiger partial charge in [-0.05, 0) is 24.4 Å². The number of carbonyl (C=O) groups excluding carboxylic acids is 1. The zero-order chi connectivity index (χ0) is 15.8. The second-order valence-corrected chi connectivity index (χ2v) is 5.42. The lowest BCUT2D eigenvalue weighted by atomic mass is 10.1. The standard InChI is InChI=1S/C20H14O3/c1-13-15-9-4-5-11-17(15)22-19(13)20(21)23-18-12-6-8-14-7-2-3-10-16(14)18/h2-12H,1H3. The number of benzene rings is 3. The highest BCUT2D eigenvalue weighted by atomic mass is 16.5. The van der Waals surface area contributed by atoms with Gasteiger partial charge in [0.25, 0.3) is 0 Å². The van der Waals surface area contributed by atoms with E-state index in [1.165, 1.54) is 0 Å². The summed E-state index contributed by atoms with van der Waals surface area (Å²) in [4.78, 5) is 12.5. The number of para-hydroxylation sites is 1. The first-order valence-electron chi connectivity index (χ1n) is 7.42. The number of ether oxygens (including phenoxy) is 1. The molecule has 0 aliphatic rings. The minimum atomic E-state index is -0.477. The number of hydrogen-bond donors (Lipinski definition) is 0. The number of aryl methyl sites for hydroxylation is 1. The van der Waals surface area contributed by atoms with Crippen LogP contribution in [0.5, 0.6) is 5.75 Å². The van der Waals surface area contributed by atoms with Crippen molar-refractivity contribution in [2.45, 2.75) is 6.92 Å². The average Bonchev–Trinajstić information content (AvgIpc) is 2.93. The van der Waals surface area contributed by atoms with Gasteiger partial charge >= 0.3 is 5.97 Å². The largest absolute Gasteiger partial charge is 0.449 e. The highest BCUT2D eigenvalue weighted by molar-refractivity contribution is 5.98. The Kier molecular flexibility index (Phi) is 3.12. The molecular weight excluding hydrogens is 288 g/mol. The molecule has 0 fully saturated rings. The van der Waals surface area contributed by atoms with E-state index in [4.69, 9.17) is 9.15 Å². The quantitative estimate of drug-likeness (QED) is 0.381. The molecule has 0 unspecified atom stereocenters. The smallest absolute Gasteiger partial charge is 0.379 e. The van der Waals surface area contributed by atoms with Gasteiger partial charge in [-0.3, -0.25) is 0 Å². The first kappa shape index (κ1) is 13.6. The SMILES string of the molecule is Cc1c(C(=O)Oc2cccc3ccccc23)oc2ccccc12. The molecule has 0 N–H and O–H groups in total. The summed E-state index contributed by atoms with van der Waals surface area (Å²) in [6.07, 6.45) is 0. The van der Waals surface area contributed by atoms with Crippen LogP contribution in [-0.4, -0.2) is 5.97 Å². The summed E-state index contributed by atoms with van der Waals surface area (Å²) in [5.74, 6) is 0.308. The molecule has 112 valence electrons. The fraction of sp³-hybridized carbons (Fsp3) is 0.0500. The maximum absolute atomic E-state index is 12.5. The number of furan rings is 1.